The van der Waals surface area contributed by atoms with E-state index < -0.39 is 7.05 Å². The van der Waals surface area contributed by atoms with Gasteiger partial charge in [0.2, 0.25) is 0 Å². The van der Waals surface area contributed by atoms with Gasteiger partial charge in [-0.15, -0.1) is 0 Å². The Hall–Kier alpha value is -0.0957. The summed E-state index contributed by atoms with van der Waals surface area (Å²) in [4.78, 5) is 0. The van der Waals surface area contributed by atoms with Crippen LogP contribution in [0.1, 0.15) is 108 Å². The zero-order chi connectivity index (χ0) is 24.6. The smallest absolute Gasteiger partial charge is 0.0425 e. The van der Waals surface area contributed by atoms with Gasteiger partial charge >= 0.3 is 0 Å². The minimum absolute atomic E-state index is 0. The molecule has 1 aliphatic rings. The average molecular weight is 510 g/mol. The molecule has 0 fully saturated rings. The van der Waals surface area contributed by atoms with E-state index in [-0.39, 0.29) is 21.7 Å². The van der Waals surface area contributed by atoms with Gasteiger partial charge in [0.1, 0.15) is 0 Å². The third-order valence-electron chi connectivity index (χ3n) is 6.10. The van der Waals surface area contributed by atoms with Crippen molar-refractivity contribution in [1.82, 2.24) is 0 Å². The van der Waals surface area contributed by atoms with E-state index in [2.05, 4.69) is 99.6 Å². The van der Waals surface area contributed by atoms with Crippen LogP contribution in [0.4, 0.5) is 0 Å². The summed E-state index contributed by atoms with van der Waals surface area (Å²) in [7, 11) is -1.19. The van der Waals surface area contributed by atoms with E-state index >= 15 is 0 Å². The third kappa shape index (κ3) is 17.9. The average Bonchev–Trinajstić information content (AvgIpc) is 3.22. The van der Waals surface area contributed by atoms with Gasteiger partial charge in [-0.3, -0.25) is 4.74 Å². The Bertz CT molecular complexity index is 621. The quantitative estimate of drug-likeness (QED) is 0.133. The van der Waals surface area contributed by atoms with E-state index in [1.54, 1.807) is 0 Å². The van der Waals surface area contributed by atoms with Crippen molar-refractivity contribution in [1.29, 1.82) is 0 Å². The van der Waals surface area contributed by atoms with Crippen molar-refractivity contribution >= 4 is 7.05 Å². The van der Waals surface area contributed by atoms with E-state index in [1.165, 1.54) is 54.6 Å². The molecule has 1 aliphatic carbocycles. The van der Waals surface area contributed by atoms with Gasteiger partial charge in [0.25, 0.3) is 0 Å². The number of allylic oxidation sites excluding steroid dienone is 7. The van der Waals surface area contributed by atoms with Crippen LogP contribution in [0.2, 0.25) is 0 Å². The predicted octanol–water partition coefficient (Wildman–Crippen LogP) is 10.9. The van der Waals surface area contributed by atoms with Crippen LogP contribution in [0.5, 0.6) is 0 Å². The fourth-order valence-electron chi connectivity index (χ4n) is 3.70. The number of nitrogens with zero attached hydrogens (tertiary/aromatic N) is 1. The van der Waals surface area contributed by atoms with Crippen LogP contribution in [0.15, 0.2) is 52.0 Å². The van der Waals surface area contributed by atoms with Gasteiger partial charge in [-0.05, 0) is 95.3 Å². The van der Waals surface area contributed by atoms with Crippen LogP contribution in [0.25, 0.3) is 0 Å². The maximum Gasteiger partial charge on any atom is 0.0425 e. The molecule has 1 nitrogen and oxygen atoms in total. The van der Waals surface area contributed by atoms with Crippen LogP contribution in [-0.2, 0) is 21.7 Å². The summed E-state index contributed by atoms with van der Waals surface area (Å²) in [5.41, 5.74) is 4.19. The van der Waals surface area contributed by atoms with Gasteiger partial charge < -0.3 is 0 Å². The first-order chi connectivity index (χ1) is 15.0. The van der Waals surface area contributed by atoms with Gasteiger partial charge in [-0.1, -0.05) is 90.8 Å². The topological polar surface area (TPSA) is 12.4 Å². The first-order valence-electron chi connectivity index (χ1n) is 13.3. The summed E-state index contributed by atoms with van der Waals surface area (Å²) in [5, 5.41) is 0. The monoisotopic (exact) mass is 509 g/mol. The van der Waals surface area contributed by atoms with Crippen molar-refractivity contribution in [2.24, 2.45) is 22.5 Å². The molecule has 0 radical (unpaired) electrons. The number of hydrogen-bond acceptors (Lipinski definition) is 1. The molecule has 0 amide bonds. The van der Waals surface area contributed by atoms with Gasteiger partial charge in [-0.2, -0.15) is 0 Å². The first-order valence-corrected chi connectivity index (χ1v) is 15.6. The minimum Gasteiger partial charge on any atom is -0.272 e. The Labute approximate surface area is 224 Å². The summed E-state index contributed by atoms with van der Waals surface area (Å²) in [6.07, 6.45) is 22.7. The molecule has 0 aliphatic heterocycles. The van der Waals surface area contributed by atoms with E-state index in [1.807, 2.05) is 0 Å². The molecule has 0 N–H and O–H groups in total. The molecule has 0 aromatic heterocycles. The SMILES string of the molecule is CC(C)CCP(CCC(C)C)(CCC(C)C)=NC1=CC=CC1.CCC=C(C)C(C)=CCC.[Ti]. The van der Waals surface area contributed by atoms with E-state index in [0.717, 1.165) is 37.0 Å². The fraction of sp³-hybridized carbons (Fsp3) is 0.733. The summed E-state index contributed by atoms with van der Waals surface area (Å²) in [6, 6.07) is 0. The van der Waals surface area contributed by atoms with E-state index in [0.29, 0.717) is 0 Å². The Morgan fingerprint density at radius 2 is 1.21 bits per heavy atom. The van der Waals surface area contributed by atoms with Crippen LogP contribution in [-0.4, -0.2) is 18.5 Å². The molecule has 0 aromatic carbocycles. The fourth-order valence-corrected chi connectivity index (χ4v) is 8.35. The summed E-state index contributed by atoms with van der Waals surface area (Å²) in [6.45, 7) is 22.8. The van der Waals surface area contributed by atoms with E-state index in [4.69, 9.17) is 4.74 Å². The second-order valence-electron chi connectivity index (χ2n) is 10.8. The standard InChI is InChI=1S/C20H38NP.C10H18.Ti/c1-17(2)11-14-22(15-12-18(3)4,16-13-19(5)6)21-20-9-7-8-10-20;1-5-7-9(3)10(4)8-6-2;/h7-9,17-19H,10-16H2,1-6H3;7-8H,5-6H2,1-4H3;. The Morgan fingerprint density at radius 3 is 1.48 bits per heavy atom. The summed E-state index contributed by atoms with van der Waals surface area (Å²) < 4.78 is 5.43. The molecule has 3 heteroatoms. The Morgan fingerprint density at radius 1 is 0.818 bits per heavy atom. The largest absolute Gasteiger partial charge is 0.272 e. The molecule has 0 unspecified atom stereocenters. The Balaban J connectivity index is 0. The zero-order valence-corrected chi connectivity index (χ0v) is 26.3. The molecule has 0 atom stereocenters. The molecule has 1 rings (SSSR count). The maximum absolute atomic E-state index is 5.43. The molecular formula is C30H56NPTi. The van der Waals surface area contributed by atoms with E-state index in [9.17, 15) is 0 Å². The van der Waals surface area contributed by atoms with Gasteiger partial charge in [0, 0.05) is 33.8 Å². The van der Waals surface area contributed by atoms with Crippen molar-refractivity contribution in [2.45, 2.75) is 108 Å². The van der Waals surface area contributed by atoms with Crippen molar-refractivity contribution < 1.29 is 21.7 Å². The maximum atomic E-state index is 5.43. The van der Waals surface area contributed by atoms with Crippen LogP contribution in [0, 0.1) is 17.8 Å². The second kappa shape index (κ2) is 20.1. The molecule has 0 saturated carbocycles. The molecule has 0 aromatic rings. The third-order valence-corrected chi connectivity index (χ3v) is 10.1. The summed E-state index contributed by atoms with van der Waals surface area (Å²) >= 11 is 0. The van der Waals surface area contributed by atoms with Gasteiger partial charge in [0.05, 0.1) is 0 Å². The van der Waals surface area contributed by atoms with Crippen LogP contribution < -0.4 is 0 Å². The van der Waals surface area contributed by atoms with Crippen LogP contribution >= 0.6 is 7.05 Å². The molecular weight excluding hydrogens is 453 g/mol. The molecule has 0 spiro atoms. The molecule has 33 heavy (non-hydrogen) atoms. The van der Waals surface area contributed by atoms with Crippen molar-refractivity contribution in [3.63, 3.8) is 0 Å². The molecule has 0 saturated heterocycles. The predicted molar refractivity (Wildman–Crippen MR) is 152 cm³/mol. The van der Waals surface area contributed by atoms with Crippen molar-refractivity contribution in [3.8, 4) is 0 Å². The molecule has 0 bridgehead atoms. The second-order valence-corrected chi connectivity index (χ2v) is 14.5. The first kappa shape index (κ1) is 35.1. The van der Waals surface area contributed by atoms with Crippen LogP contribution in [0.3, 0.4) is 0 Å². The number of rotatable bonds is 13. The zero-order valence-electron chi connectivity index (χ0n) is 23.9. The van der Waals surface area contributed by atoms with Crippen molar-refractivity contribution in [2.75, 3.05) is 18.5 Å². The van der Waals surface area contributed by atoms with Crippen molar-refractivity contribution in [3.05, 3.63) is 47.2 Å². The van der Waals surface area contributed by atoms with Gasteiger partial charge in [0.15, 0.2) is 0 Å². The molecule has 190 valence electrons. The minimum atomic E-state index is -1.19. The van der Waals surface area contributed by atoms with Gasteiger partial charge in [-0.25, -0.2) is 0 Å². The Kier molecular flexibility index (Phi) is 21.4. The summed E-state index contributed by atoms with van der Waals surface area (Å²) in [5.74, 6) is 2.38. The number of hydrogen-bond donors (Lipinski definition) is 0. The molecule has 0 heterocycles. The normalized spacial score (nSPS) is 14.4.